The molecule has 1 aromatic carbocycles. The molecule has 0 atom stereocenters. The zero-order valence-electron chi connectivity index (χ0n) is 16.5. The van der Waals surface area contributed by atoms with Crippen molar-refractivity contribution >= 4 is 17.5 Å². The van der Waals surface area contributed by atoms with Crippen LogP contribution in [0, 0.1) is 10.1 Å². The predicted octanol–water partition coefficient (Wildman–Crippen LogP) is 1.04. The lowest BCUT2D eigenvalue weighted by atomic mass is 10.1. The number of nitro benzene ring substituents is 1. The first-order chi connectivity index (χ1) is 14.0. The second kappa shape index (κ2) is 9.55. The van der Waals surface area contributed by atoms with Gasteiger partial charge in [0.05, 0.1) is 17.5 Å². The maximum absolute atomic E-state index is 12.9. The summed E-state index contributed by atoms with van der Waals surface area (Å²) in [6.45, 7) is 5.52. The van der Waals surface area contributed by atoms with Gasteiger partial charge in [-0.3, -0.25) is 24.6 Å². The summed E-state index contributed by atoms with van der Waals surface area (Å²) in [6, 6.07) is 2.64. The van der Waals surface area contributed by atoms with Gasteiger partial charge in [0, 0.05) is 38.8 Å². The van der Waals surface area contributed by atoms with Crippen molar-refractivity contribution in [1.29, 1.82) is 0 Å². The number of unbranched alkanes of at least 4 members (excludes halogenated alkanes) is 1. The predicted molar refractivity (Wildman–Crippen MR) is 104 cm³/mol. The van der Waals surface area contributed by atoms with Crippen LogP contribution in [0.1, 0.15) is 30.1 Å². The first-order valence-corrected chi connectivity index (χ1v) is 9.86. The molecule has 0 spiro atoms. The normalized spacial score (nSPS) is 16.4. The number of rotatable bonds is 7. The zero-order chi connectivity index (χ0) is 20.8. The molecule has 158 valence electrons. The molecule has 0 saturated carbocycles. The Kier molecular flexibility index (Phi) is 6.86. The van der Waals surface area contributed by atoms with Crippen LogP contribution in [0.2, 0.25) is 0 Å². The summed E-state index contributed by atoms with van der Waals surface area (Å²) in [6.07, 6.45) is 1.97. The van der Waals surface area contributed by atoms with E-state index in [1.165, 1.54) is 12.1 Å². The minimum Gasteiger partial charge on any atom is -0.486 e. The number of carbonyl (C=O) groups is 2. The van der Waals surface area contributed by atoms with Gasteiger partial charge in [-0.15, -0.1) is 0 Å². The summed E-state index contributed by atoms with van der Waals surface area (Å²) in [5, 5.41) is 14.3. The van der Waals surface area contributed by atoms with Gasteiger partial charge >= 0.3 is 0 Å². The van der Waals surface area contributed by atoms with Crippen LogP contribution >= 0.6 is 0 Å². The third-order valence-corrected chi connectivity index (χ3v) is 4.97. The molecule has 2 heterocycles. The topological polar surface area (TPSA) is 114 Å². The number of fused-ring (bicyclic) bond motifs is 1. The highest BCUT2D eigenvalue weighted by atomic mass is 16.6. The van der Waals surface area contributed by atoms with Crippen molar-refractivity contribution in [3.63, 3.8) is 0 Å². The SMILES string of the molecule is CCCCNC(=O)CN1CCN(C(=O)c2cc3c(cc2[N+](=O)[O-])OCCO3)CC1. The maximum atomic E-state index is 12.9. The van der Waals surface area contributed by atoms with Crippen molar-refractivity contribution in [2.24, 2.45) is 0 Å². The second-order valence-electron chi connectivity index (χ2n) is 7.04. The van der Waals surface area contributed by atoms with Gasteiger partial charge < -0.3 is 19.7 Å². The fraction of sp³-hybridized carbons (Fsp3) is 0.579. The first kappa shape index (κ1) is 20.8. The van der Waals surface area contributed by atoms with Gasteiger partial charge in [-0.1, -0.05) is 13.3 Å². The highest BCUT2D eigenvalue weighted by Gasteiger charge is 2.31. The summed E-state index contributed by atoms with van der Waals surface area (Å²) in [7, 11) is 0. The van der Waals surface area contributed by atoms with Gasteiger partial charge in [-0.05, 0) is 6.42 Å². The number of nitrogens with one attached hydrogen (secondary N) is 1. The average molecular weight is 406 g/mol. The molecule has 0 radical (unpaired) electrons. The Morgan fingerprint density at radius 3 is 2.41 bits per heavy atom. The van der Waals surface area contributed by atoms with E-state index in [1.54, 1.807) is 4.90 Å². The van der Waals surface area contributed by atoms with Crippen LogP contribution in [0.5, 0.6) is 11.5 Å². The van der Waals surface area contributed by atoms with Crippen LogP contribution < -0.4 is 14.8 Å². The highest BCUT2D eigenvalue weighted by molar-refractivity contribution is 5.99. The number of amides is 2. The summed E-state index contributed by atoms with van der Waals surface area (Å²) >= 11 is 0. The number of ether oxygens (including phenoxy) is 2. The van der Waals surface area contributed by atoms with Gasteiger partial charge in [0.2, 0.25) is 5.91 Å². The van der Waals surface area contributed by atoms with Crippen LogP contribution in [-0.2, 0) is 4.79 Å². The van der Waals surface area contributed by atoms with E-state index in [1.807, 2.05) is 4.90 Å². The molecule has 2 amide bonds. The molecule has 10 nitrogen and oxygen atoms in total. The molecule has 1 aromatic rings. The average Bonchev–Trinajstić information content (AvgIpc) is 2.73. The van der Waals surface area contributed by atoms with Crippen molar-refractivity contribution in [3.05, 3.63) is 27.8 Å². The van der Waals surface area contributed by atoms with Crippen molar-refractivity contribution in [2.75, 3.05) is 52.5 Å². The molecule has 1 N–H and O–H groups in total. The lowest BCUT2D eigenvalue weighted by molar-refractivity contribution is -0.385. The van der Waals surface area contributed by atoms with E-state index in [0.717, 1.165) is 12.8 Å². The Morgan fingerprint density at radius 1 is 1.14 bits per heavy atom. The molecule has 0 bridgehead atoms. The van der Waals surface area contributed by atoms with E-state index in [-0.39, 0.29) is 29.5 Å². The Bertz CT molecular complexity index is 776. The highest BCUT2D eigenvalue weighted by Crippen LogP contribution is 2.37. The van der Waals surface area contributed by atoms with Gasteiger partial charge in [0.1, 0.15) is 18.8 Å². The lowest BCUT2D eigenvalue weighted by Gasteiger charge is -2.34. The molecule has 2 aliphatic heterocycles. The van der Waals surface area contributed by atoms with Crippen molar-refractivity contribution < 1.29 is 24.0 Å². The van der Waals surface area contributed by atoms with Gasteiger partial charge in [-0.25, -0.2) is 0 Å². The molecule has 1 fully saturated rings. The first-order valence-electron chi connectivity index (χ1n) is 9.86. The van der Waals surface area contributed by atoms with Crippen LogP contribution in [0.25, 0.3) is 0 Å². The maximum Gasteiger partial charge on any atom is 0.286 e. The number of hydrogen-bond acceptors (Lipinski definition) is 7. The number of hydrogen-bond donors (Lipinski definition) is 1. The fourth-order valence-corrected chi connectivity index (χ4v) is 3.34. The Hall–Kier alpha value is -2.88. The molecule has 29 heavy (non-hydrogen) atoms. The smallest absolute Gasteiger partial charge is 0.286 e. The molecular formula is C19H26N4O6. The molecule has 3 rings (SSSR count). The molecular weight excluding hydrogens is 380 g/mol. The number of benzene rings is 1. The summed E-state index contributed by atoms with van der Waals surface area (Å²) < 4.78 is 10.8. The van der Waals surface area contributed by atoms with Gasteiger partial charge in [-0.2, -0.15) is 0 Å². The van der Waals surface area contributed by atoms with Crippen molar-refractivity contribution in [1.82, 2.24) is 15.1 Å². The van der Waals surface area contributed by atoms with Crippen LogP contribution in [-0.4, -0.2) is 79.0 Å². The van der Waals surface area contributed by atoms with Gasteiger partial charge in [0.25, 0.3) is 11.6 Å². The lowest BCUT2D eigenvalue weighted by Crippen LogP contribution is -2.51. The fourth-order valence-electron chi connectivity index (χ4n) is 3.34. The molecule has 0 aromatic heterocycles. The Labute approximate surface area is 168 Å². The molecule has 1 saturated heterocycles. The van der Waals surface area contributed by atoms with Gasteiger partial charge in [0.15, 0.2) is 11.5 Å². The minimum absolute atomic E-state index is 0.00925. The largest absolute Gasteiger partial charge is 0.486 e. The molecule has 10 heteroatoms. The van der Waals surface area contributed by atoms with E-state index >= 15 is 0 Å². The van der Waals surface area contributed by atoms with E-state index in [9.17, 15) is 19.7 Å². The van der Waals surface area contributed by atoms with E-state index < -0.39 is 10.8 Å². The Balaban J connectivity index is 1.62. The monoisotopic (exact) mass is 406 g/mol. The van der Waals surface area contributed by atoms with Crippen LogP contribution in [0.3, 0.4) is 0 Å². The van der Waals surface area contributed by atoms with Crippen LogP contribution in [0.4, 0.5) is 5.69 Å². The summed E-state index contributed by atoms with van der Waals surface area (Å²) in [4.78, 5) is 39.3. The number of carbonyl (C=O) groups excluding carboxylic acids is 2. The van der Waals surface area contributed by atoms with E-state index in [0.29, 0.717) is 51.7 Å². The molecule has 0 unspecified atom stereocenters. The van der Waals surface area contributed by atoms with Crippen molar-refractivity contribution in [2.45, 2.75) is 19.8 Å². The van der Waals surface area contributed by atoms with E-state index in [2.05, 4.69) is 12.2 Å². The number of piperazine rings is 1. The Morgan fingerprint density at radius 2 is 1.79 bits per heavy atom. The summed E-state index contributed by atoms with van der Waals surface area (Å²) in [5.41, 5.74) is -0.304. The van der Waals surface area contributed by atoms with Crippen molar-refractivity contribution in [3.8, 4) is 11.5 Å². The third kappa shape index (κ3) is 5.14. The number of nitrogens with zero attached hydrogens (tertiary/aromatic N) is 3. The molecule has 0 aliphatic carbocycles. The minimum atomic E-state index is -0.581. The third-order valence-electron chi connectivity index (χ3n) is 4.97. The second-order valence-corrected chi connectivity index (χ2v) is 7.04. The quantitative estimate of drug-likeness (QED) is 0.409. The standard InChI is InChI=1S/C19H26N4O6/c1-2-3-4-20-18(24)13-21-5-7-22(8-6-21)19(25)14-11-16-17(29-10-9-28-16)12-15(14)23(26)27/h11-12H,2-10,13H2,1H3,(H,20,24). The van der Waals surface area contributed by atoms with E-state index in [4.69, 9.17) is 9.47 Å². The van der Waals surface area contributed by atoms with Crippen LogP contribution in [0.15, 0.2) is 12.1 Å². The number of nitro groups is 1. The molecule has 2 aliphatic rings. The zero-order valence-corrected chi connectivity index (χ0v) is 16.5. The summed E-state index contributed by atoms with van der Waals surface area (Å²) in [5.74, 6) is 0.174.